The quantitative estimate of drug-likeness (QED) is 0.840. The highest BCUT2D eigenvalue weighted by Gasteiger charge is 2.19. The number of nitrogens with one attached hydrogen (secondary N) is 1. The van der Waals surface area contributed by atoms with Crippen LogP contribution >= 0.6 is 11.6 Å². The van der Waals surface area contributed by atoms with Gasteiger partial charge in [0.1, 0.15) is 12.4 Å². The van der Waals surface area contributed by atoms with Crippen molar-refractivity contribution in [1.29, 1.82) is 0 Å². The van der Waals surface area contributed by atoms with Gasteiger partial charge < -0.3 is 15.2 Å². The van der Waals surface area contributed by atoms with Crippen molar-refractivity contribution in [2.75, 3.05) is 6.61 Å². The molecule has 0 aliphatic heterocycles. The number of halogens is 1. The minimum atomic E-state index is -0.824. The van der Waals surface area contributed by atoms with Crippen molar-refractivity contribution in [3.05, 3.63) is 28.8 Å². The van der Waals surface area contributed by atoms with Gasteiger partial charge in [0.15, 0.2) is 0 Å². The Bertz CT molecular complexity index is 439. The maximum Gasteiger partial charge on any atom is 0.138 e. The SMILES string of the molecule is CCC(C)(O)COc1ccc(CNC(C)(C)C)cc1Cl. The van der Waals surface area contributed by atoms with Crippen LogP contribution in [0.25, 0.3) is 0 Å². The van der Waals surface area contributed by atoms with E-state index in [9.17, 15) is 5.11 Å². The molecule has 1 aromatic carbocycles. The summed E-state index contributed by atoms with van der Waals surface area (Å²) in [6, 6.07) is 5.74. The molecule has 0 aromatic heterocycles. The maximum absolute atomic E-state index is 9.93. The summed E-state index contributed by atoms with van der Waals surface area (Å²) in [6.45, 7) is 11.0. The molecule has 4 heteroatoms. The normalized spacial score (nSPS) is 14.9. The van der Waals surface area contributed by atoms with Crippen LogP contribution in [-0.4, -0.2) is 22.9 Å². The third-order valence-electron chi connectivity index (χ3n) is 3.12. The highest BCUT2D eigenvalue weighted by molar-refractivity contribution is 6.32. The van der Waals surface area contributed by atoms with E-state index in [-0.39, 0.29) is 12.1 Å². The molecule has 114 valence electrons. The molecule has 2 N–H and O–H groups in total. The van der Waals surface area contributed by atoms with Gasteiger partial charge in [-0.05, 0) is 51.8 Å². The molecule has 0 saturated heterocycles. The number of hydrogen-bond donors (Lipinski definition) is 2. The van der Waals surface area contributed by atoms with E-state index in [4.69, 9.17) is 16.3 Å². The van der Waals surface area contributed by atoms with Gasteiger partial charge in [-0.3, -0.25) is 0 Å². The third-order valence-corrected chi connectivity index (χ3v) is 3.41. The van der Waals surface area contributed by atoms with E-state index in [1.165, 1.54) is 0 Å². The average molecular weight is 300 g/mol. The summed E-state index contributed by atoms with van der Waals surface area (Å²) in [6.07, 6.45) is 0.637. The second kappa shape index (κ2) is 6.79. The standard InChI is InChI=1S/C16H26ClNO2/c1-6-16(5,19)11-20-14-8-7-12(9-13(14)17)10-18-15(2,3)4/h7-9,18-19H,6,10-11H2,1-5H3. The summed E-state index contributed by atoms with van der Waals surface area (Å²) < 4.78 is 5.59. The van der Waals surface area contributed by atoms with Crippen molar-refractivity contribution in [1.82, 2.24) is 5.32 Å². The predicted molar refractivity (Wildman–Crippen MR) is 84.5 cm³/mol. The lowest BCUT2D eigenvalue weighted by Crippen LogP contribution is -2.35. The lowest BCUT2D eigenvalue weighted by Gasteiger charge is -2.22. The Morgan fingerprint density at radius 2 is 1.90 bits per heavy atom. The molecule has 0 aliphatic rings. The van der Waals surface area contributed by atoms with E-state index in [0.717, 1.165) is 12.1 Å². The molecule has 1 unspecified atom stereocenters. The molecule has 0 spiro atoms. The molecule has 1 atom stereocenters. The summed E-state index contributed by atoms with van der Waals surface area (Å²) in [5, 5.41) is 13.9. The van der Waals surface area contributed by atoms with Crippen LogP contribution in [0.4, 0.5) is 0 Å². The molecule has 20 heavy (non-hydrogen) atoms. The average Bonchev–Trinajstić information content (AvgIpc) is 2.34. The van der Waals surface area contributed by atoms with Crippen molar-refractivity contribution >= 4 is 11.6 Å². The van der Waals surface area contributed by atoms with Gasteiger partial charge in [-0.25, -0.2) is 0 Å². The first-order chi connectivity index (χ1) is 9.13. The van der Waals surface area contributed by atoms with Crippen molar-refractivity contribution in [3.63, 3.8) is 0 Å². The molecule has 0 saturated carbocycles. The summed E-state index contributed by atoms with van der Waals surface area (Å²) in [5.74, 6) is 0.611. The lowest BCUT2D eigenvalue weighted by atomic mass is 10.1. The Kier molecular flexibility index (Phi) is 5.87. The molecule has 1 aromatic rings. The maximum atomic E-state index is 9.93. The second-order valence-electron chi connectivity index (χ2n) is 6.51. The number of rotatable bonds is 6. The Hall–Kier alpha value is -0.770. The minimum absolute atomic E-state index is 0.0709. The van der Waals surface area contributed by atoms with E-state index in [2.05, 4.69) is 26.1 Å². The van der Waals surface area contributed by atoms with Crippen LogP contribution in [0.5, 0.6) is 5.75 Å². The largest absolute Gasteiger partial charge is 0.489 e. The Balaban J connectivity index is 2.64. The third kappa shape index (κ3) is 6.12. The molecular formula is C16H26ClNO2. The van der Waals surface area contributed by atoms with Crippen molar-refractivity contribution in [2.45, 2.75) is 58.7 Å². The topological polar surface area (TPSA) is 41.5 Å². The monoisotopic (exact) mass is 299 g/mol. The van der Waals surface area contributed by atoms with E-state index >= 15 is 0 Å². The smallest absolute Gasteiger partial charge is 0.138 e. The number of benzene rings is 1. The van der Waals surface area contributed by atoms with Crippen molar-refractivity contribution < 1.29 is 9.84 Å². The summed E-state index contributed by atoms with van der Waals surface area (Å²) in [5.41, 5.74) is 0.358. The van der Waals surface area contributed by atoms with Crippen LogP contribution in [0.2, 0.25) is 5.02 Å². The molecule has 0 amide bonds. The zero-order valence-electron chi connectivity index (χ0n) is 13.1. The van der Waals surface area contributed by atoms with Gasteiger partial charge in [0.05, 0.1) is 10.6 Å². The fraction of sp³-hybridized carbons (Fsp3) is 0.625. The lowest BCUT2D eigenvalue weighted by molar-refractivity contribution is 0.00850. The molecule has 0 radical (unpaired) electrons. The molecular weight excluding hydrogens is 274 g/mol. The Morgan fingerprint density at radius 1 is 1.25 bits per heavy atom. The van der Waals surface area contributed by atoms with Crippen LogP contribution in [-0.2, 0) is 6.54 Å². The van der Waals surface area contributed by atoms with Gasteiger partial charge in [0.2, 0.25) is 0 Å². The van der Waals surface area contributed by atoms with Gasteiger partial charge in [-0.2, -0.15) is 0 Å². The van der Waals surface area contributed by atoms with Crippen molar-refractivity contribution in [2.24, 2.45) is 0 Å². The summed E-state index contributed by atoms with van der Waals surface area (Å²) in [4.78, 5) is 0. The first-order valence-electron chi connectivity index (χ1n) is 7.01. The zero-order chi connectivity index (χ0) is 15.4. The predicted octanol–water partition coefficient (Wildman–Crippen LogP) is 3.77. The fourth-order valence-electron chi connectivity index (χ4n) is 1.47. The van der Waals surface area contributed by atoms with Crippen LogP contribution in [0.1, 0.15) is 46.6 Å². The van der Waals surface area contributed by atoms with E-state index in [1.54, 1.807) is 6.92 Å². The molecule has 0 heterocycles. The van der Waals surface area contributed by atoms with Crippen LogP contribution in [0.3, 0.4) is 0 Å². The first kappa shape index (κ1) is 17.3. The number of aliphatic hydroxyl groups is 1. The Morgan fingerprint density at radius 3 is 2.40 bits per heavy atom. The minimum Gasteiger partial charge on any atom is -0.489 e. The van der Waals surface area contributed by atoms with Gasteiger partial charge in [0, 0.05) is 12.1 Å². The molecule has 0 fully saturated rings. The van der Waals surface area contributed by atoms with Gasteiger partial charge in [0.25, 0.3) is 0 Å². The van der Waals surface area contributed by atoms with E-state index < -0.39 is 5.60 Å². The number of ether oxygens (including phenoxy) is 1. The summed E-state index contributed by atoms with van der Waals surface area (Å²) in [7, 11) is 0. The van der Waals surface area contributed by atoms with Crippen LogP contribution in [0.15, 0.2) is 18.2 Å². The van der Waals surface area contributed by atoms with Gasteiger partial charge >= 0.3 is 0 Å². The zero-order valence-corrected chi connectivity index (χ0v) is 13.8. The molecule has 0 bridgehead atoms. The van der Waals surface area contributed by atoms with Crippen LogP contribution in [0, 0.1) is 0 Å². The highest BCUT2D eigenvalue weighted by atomic mass is 35.5. The fourth-order valence-corrected chi connectivity index (χ4v) is 1.73. The molecule has 0 aliphatic carbocycles. The van der Waals surface area contributed by atoms with E-state index in [1.807, 2.05) is 25.1 Å². The first-order valence-corrected chi connectivity index (χ1v) is 7.39. The molecule has 1 rings (SSSR count). The Labute approximate surface area is 127 Å². The highest BCUT2D eigenvalue weighted by Crippen LogP contribution is 2.26. The summed E-state index contributed by atoms with van der Waals surface area (Å²) >= 11 is 6.22. The van der Waals surface area contributed by atoms with Gasteiger partial charge in [-0.15, -0.1) is 0 Å². The van der Waals surface area contributed by atoms with Gasteiger partial charge in [-0.1, -0.05) is 24.6 Å². The van der Waals surface area contributed by atoms with E-state index in [0.29, 0.717) is 17.2 Å². The van der Waals surface area contributed by atoms with Crippen molar-refractivity contribution in [3.8, 4) is 5.75 Å². The second-order valence-corrected chi connectivity index (χ2v) is 6.91. The molecule has 3 nitrogen and oxygen atoms in total. The van der Waals surface area contributed by atoms with Crippen LogP contribution < -0.4 is 10.1 Å². The number of hydrogen-bond acceptors (Lipinski definition) is 3.